The lowest BCUT2D eigenvalue weighted by molar-refractivity contribution is 0.628. The Morgan fingerprint density at radius 1 is 0.500 bits per heavy atom. The highest BCUT2D eigenvalue weighted by molar-refractivity contribution is 6.10. The van der Waals surface area contributed by atoms with E-state index in [0.717, 1.165) is 49.7 Å². The molecule has 0 heterocycles. The Morgan fingerprint density at radius 3 is 1.97 bits per heavy atom. The molecule has 0 radical (unpaired) electrons. The van der Waals surface area contributed by atoms with Crippen LogP contribution in [-0.2, 0) is 0 Å². The monoisotopic (exact) mass is 439 g/mol. The maximum absolute atomic E-state index is 14.5. The van der Waals surface area contributed by atoms with Gasteiger partial charge in [-0.15, -0.1) is 0 Å². The molecule has 1 nitrogen and oxygen atoms in total. The molecule has 0 N–H and O–H groups in total. The Hall–Kier alpha value is -4.43. The van der Waals surface area contributed by atoms with E-state index in [1.54, 1.807) is 12.1 Å². The van der Waals surface area contributed by atoms with Gasteiger partial charge in [-0.05, 0) is 52.2 Å². The van der Waals surface area contributed by atoms with E-state index in [1.807, 2.05) is 24.3 Å². The zero-order valence-electron chi connectivity index (χ0n) is 18.5. The van der Waals surface area contributed by atoms with Crippen LogP contribution in [0.5, 0.6) is 0 Å². The quantitative estimate of drug-likeness (QED) is 0.264. The number of rotatable bonds is 4. The van der Waals surface area contributed by atoms with Gasteiger partial charge in [0.05, 0.1) is 11.4 Å². The molecule has 0 spiro atoms. The van der Waals surface area contributed by atoms with E-state index in [0.29, 0.717) is 0 Å². The van der Waals surface area contributed by atoms with Gasteiger partial charge in [0.25, 0.3) is 0 Å². The summed E-state index contributed by atoms with van der Waals surface area (Å²) in [6.45, 7) is 0. The lowest BCUT2D eigenvalue weighted by atomic mass is 9.95. The van der Waals surface area contributed by atoms with Gasteiger partial charge < -0.3 is 4.90 Å². The number of hydrogen-bond donors (Lipinski definition) is 0. The van der Waals surface area contributed by atoms with E-state index in [2.05, 4.69) is 95.9 Å². The van der Waals surface area contributed by atoms with Gasteiger partial charge in [-0.2, -0.15) is 0 Å². The Kier molecular flexibility index (Phi) is 5.04. The first kappa shape index (κ1) is 20.2. The topological polar surface area (TPSA) is 3.24 Å². The van der Waals surface area contributed by atoms with Crippen molar-refractivity contribution in [1.29, 1.82) is 0 Å². The first-order valence-electron chi connectivity index (χ1n) is 11.4. The maximum Gasteiger partial charge on any atom is 0.125 e. The Bertz CT molecular complexity index is 1610. The fraction of sp³-hybridized carbons (Fsp3) is 0. The molecule has 0 amide bonds. The number of fused-ring (bicyclic) bond motifs is 2. The summed E-state index contributed by atoms with van der Waals surface area (Å²) in [5, 5.41) is 4.53. The molecule has 0 unspecified atom stereocenters. The molecule has 0 saturated heterocycles. The van der Waals surface area contributed by atoms with Gasteiger partial charge in [0.1, 0.15) is 5.82 Å². The molecular weight excluding hydrogens is 417 g/mol. The average molecular weight is 440 g/mol. The van der Waals surface area contributed by atoms with Gasteiger partial charge in [0, 0.05) is 16.5 Å². The molecule has 0 saturated carbocycles. The third-order valence-electron chi connectivity index (χ3n) is 6.28. The second-order valence-electron chi connectivity index (χ2n) is 8.36. The Labute approximate surface area is 198 Å². The van der Waals surface area contributed by atoms with Crippen LogP contribution in [0.1, 0.15) is 0 Å². The van der Waals surface area contributed by atoms with E-state index in [9.17, 15) is 4.39 Å². The Balaban J connectivity index is 1.72. The van der Waals surface area contributed by atoms with Gasteiger partial charge in [-0.1, -0.05) is 103 Å². The second-order valence-corrected chi connectivity index (χ2v) is 8.36. The SMILES string of the molecule is Fc1cccc(N(c2cccc3ccccc23)c2cccc3cccc(-c4ccccc4)c23)c1. The highest BCUT2D eigenvalue weighted by Gasteiger charge is 2.19. The van der Waals surface area contributed by atoms with Crippen molar-refractivity contribution in [3.05, 3.63) is 139 Å². The highest BCUT2D eigenvalue weighted by Crippen LogP contribution is 2.44. The van der Waals surface area contributed by atoms with E-state index >= 15 is 0 Å². The maximum atomic E-state index is 14.5. The van der Waals surface area contributed by atoms with Crippen LogP contribution < -0.4 is 4.90 Å². The van der Waals surface area contributed by atoms with E-state index in [4.69, 9.17) is 0 Å². The summed E-state index contributed by atoms with van der Waals surface area (Å²) in [6, 6.07) is 44.6. The van der Waals surface area contributed by atoms with Crippen molar-refractivity contribution in [3.8, 4) is 11.1 Å². The third kappa shape index (κ3) is 3.50. The molecule has 0 aromatic heterocycles. The fourth-order valence-corrected chi connectivity index (χ4v) is 4.79. The molecule has 0 aliphatic carbocycles. The van der Waals surface area contributed by atoms with Crippen LogP contribution in [0.25, 0.3) is 32.7 Å². The molecular formula is C32H22FN. The highest BCUT2D eigenvalue weighted by atomic mass is 19.1. The van der Waals surface area contributed by atoms with Gasteiger partial charge in [-0.25, -0.2) is 4.39 Å². The van der Waals surface area contributed by atoms with Crippen LogP contribution in [0, 0.1) is 5.82 Å². The molecule has 0 bridgehead atoms. The first-order chi connectivity index (χ1) is 16.8. The minimum Gasteiger partial charge on any atom is -0.309 e. The van der Waals surface area contributed by atoms with Gasteiger partial charge >= 0.3 is 0 Å². The number of nitrogens with zero attached hydrogens (tertiary/aromatic N) is 1. The van der Waals surface area contributed by atoms with Crippen LogP contribution in [-0.4, -0.2) is 0 Å². The van der Waals surface area contributed by atoms with Crippen LogP contribution in [0.4, 0.5) is 21.5 Å². The molecule has 6 rings (SSSR count). The molecule has 6 aromatic rings. The number of hydrogen-bond acceptors (Lipinski definition) is 1. The summed E-state index contributed by atoms with van der Waals surface area (Å²) in [7, 11) is 0. The van der Waals surface area contributed by atoms with E-state index < -0.39 is 0 Å². The smallest absolute Gasteiger partial charge is 0.125 e. The summed E-state index contributed by atoms with van der Waals surface area (Å²) in [4.78, 5) is 2.18. The van der Waals surface area contributed by atoms with Crippen molar-refractivity contribution in [2.45, 2.75) is 0 Å². The summed E-state index contributed by atoms with van der Waals surface area (Å²) in [5.41, 5.74) is 5.11. The molecule has 0 aliphatic heterocycles. The standard InChI is InChI=1S/C32H22FN/c33-26-16-9-17-27(22-26)34(30-20-7-13-23-12-4-5-18-28(23)30)31-21-8-15-25-14-6-19-29(32(25)31)24-10-2-1-3-11-24/h1-22H. The molecule has 34 heavy (non-hydrogen) atoms. The van der Waals surface area contributed by atoms with Crippen molar-refractivity contribution in [1.82, 2.24) is 0 Å². The normalized spacial score (nSPS) is 11.1. The lowest BCUT2D eigenvalue weighted by Crippen LogP contribution is -2.11. The minimum absolute atomic E-state index is 0.258. The minimum atomic E-state index is -0.258. The fourth-order valence-electron chi connectivity index (χ4n) is 4.79. The van der Waals surface area contributed by atoms with E-state index in [1.165, 1.54) is 6.07 Å². The number of halogens is 1. The van der Waals surface area contributed by atoms with Crippen LogP contribution in [0.3, 0.4) is 0 Å². The zero-order valence-corrected chi connectivity index (χ0v) is 18.5. The largest absolute Gasteiger partial charge is 0.309 e. The van der Waals surface area contributed by atoms with Gasteiger partial charge in [0.2, 0.25) is 0 Å². The van der Waals surface area contributed by atoms with Crippen molar-refractivity contribution >= 4 is 38.6 Å². The van der Waals surface area contributed by atoms with Crippen LogP contribution in [0.15, 0.2) is 133 Å². The van der Waals surface area contributed by atoms with Crippen molar-refractivity contribution < 1.29 is 4.39 Å². The average Bonchev–Trinajstić information content (AvgIpc) is 2.89. The summed E-state index contributed by atoms with van der Waals surface area (Å²) in [6.07, 6.45) is 0. The molecule has 6 aromatic carbocycles. The number of anilines is 3. The van der Waals surface area contributed by atoms with Gasteiger partial charge in [-0.3, -0.25) is 0 Å². The molecule has 0 atom stereocenters. The van der Waals surface area contributed by atoms with Crippen molar-refractivity contribution in [2.24, 2.45) is 0 Å². The summed E-state index contributed by atoms with van der Waals surface area (Å²) < 4.78 is 14.5. The predicted molar refractivity (Wildman–Crippen MR) is 142 cm³/mol. The van der Waals surface area contributed by atoms with Crippen molar-refractivity contribution in [3.63, 3.8) is 0 Å². The molecule has 2 heteroatoms. The number of benzene rings is 6. The van der Waals surface area contributed by atoms with Gasteiger partial charge in [0.15, 0.2) is 0 Å². The molecule has 162 valence electrons. The zero-order chi connectivity index (χ0) is 22.9. The second kappa shape index (κ2) is 8.49. The predicted octanol–water partition coefficient (Wildman–Crippen LogP) is 9.27. The molecule has 0 aliphatic rings. The lowest BCUT2D eigenvalue weighted by Gasteiger charge is -2.29. The van der Waals surface area contributed by atoms with Crippen LogP contribution >= 0.6 is 0 Å². The van der Waals surface area contributed by atoms with Crippen LogP contribution in [0.2, 0.25) is 0 Å². The summed E-state index contributed by atoms with van der Waals surface area (Å²) in [5.74, 6) is -0.258. The Morgan fingerprint density at radius 2 is 1.15 bits per heavy atom. The third-order valence-corrected chi connectivity index (χ3v) is 6.28. The summed E-state index contributed by atoms with van der Waals surface area (Å²) >= 11 is 0. The van der Waals surface area contributed by atoms with E-state index in [-0.39, 0.29) is 5.82 Å². The molecule has 0 fully saturated rings. The van der Waals surface area contributed by atoms with Crippen molar-refractivity contribution in [2.75, 3.05) is 4.90 Å². The first-order valence-corrected chi connectivity index (χ1v) is 11.4.